The molecule has 1 unspecified atom stereocenters. The van der Waals surface area contributed by atoms with Crippen molar-refractivity contribution >= 4 is 23.5 Å². The van der Waals surface area contributed by atoms with Gasteiger partial charge in [-0.3, -0.25) is 4.79 Å². The predicted molar refractivity (Wildman–Crippen MR) is 95.4 cm³/mol. The zero-order valence-corrected chi connectivity index (χ0v) is 14.2. The number of carbonyl (C=O) groups is 1. The Morgan fingerprint density at radius 1 is 1.17 bits per heavy atom. The third-order valence-electron chi connectivity index (χ3n) is 4.65. The number of likely N-dealkylation sites (N-methyl/N-ethyl adjacent to an activating group) is 1. The molecular weight excluding hydrogens is 325 g/mol. The summed E-state index contributed by atoms with van der Waals surface area (Å²) in [4.78, 5) is 13.2. The van der Waals surface area contributed by atoms with E-state index in [0.717, 1.165) is 23.1 Å². The molecule has 4 heteroatoms. The molecule has 1 saturated carbocycles. The van der Waals surface area contributed by atoms with Crippen LogP contribution >= 0.6 is 11.6 Å². The van der Waals surface area contributed by atoms with E-state index in [1.54, 1.807) is 25.2 Å². The average molecular weight is 344 g/mol. The van der Waals surface area contributed by atoms with Crippen LogP contribution < -0.4 is 5.32 Å². The number of benzene rings is 2. The standard InChI is InChI=1S/C20H19ClFNO/c1-23-20(17-6-2-3-7-18(17)21)12-4-5-15(19(20)24)13-14-8-10-16(22)11-9-14/h2-3,6-11,13,23H,4-5,12H2,1H3/b15-13+. The third kappa shape index (κ3) is 3.02. The van der Waals surface area contributed by atoms with E-state index < -0.39 is 5.54 Å². The predicted octanol–water partition coefficient (Wildman–Crippen LogP) is 4.73. The second kappa shape index (κ2) is 6.88. The lowest BCUT2D eigenvalue weighted by atomic mass is 9.73. The van der Waals surface area contributed by atoms with E-state index in [1.165, 1.54) is 12.1 Å². The van der Waals surface area contributed by atoms with E-state index in [4.69, 9.17) is 11.6 Å². The first kappa shape index (κ1) is 16.9. The van der Waals surface area contributed by atoms with Crippen LogP contribution in [0.3, 0.4) is 0 Å². The van der Waals surface area contributed by atoms with Crippen LogP contribution in [0.1, 0.15) is 30.4 Å². The van der Waals surface area contributed by atoms with E-state index >= 15 is 0 Å². The molecule has 24 heavy (non-hydrogen) atoms. The highest BCUT2D eigenvalue weighted by atomic mass is 35.5. The Kier molecular flexibility index (Phi) is 4.83. The van der Waals surface area contributed by atoms with Crippen molar-refractivity contribution in [2.45, 2.75) is 24.8 Å². The second-order valence-electron chi connectivity index (χ2n) is 6.04. The SMILES string of the molecule is CNC1(c2ccccc2Cl)CCC/C(=C\c2ccc(F)cc2)C1=O. The molecule has 0 aliphatic heterocycles. The van der Waals surface area contributed by atoms with Crippen LogP contribution in [0.25, 0.3) is 6.08 Å². The number of hydrogen-bond donors (Lipinski definition) is 1. The number of nitrogens with one attached hydrogen (secondary N) is 1. The normalized spacial score (nSPS) is 22.8. The van der Waals surface area contributed by atoms with Gasteiger partial charge in [-0.1, -0.05) is 41.9 Å². The molecule has 1 N–H and O–H groups in total. The lowest BCUT2D eigenvalue weighted by Crippen LogP contribution is -2.50. The first-order chi connectivity index (χ1) is 11.6. The number of Topliss-reactive ketones (excluding diaryl/α,β-unsaturated/α-hetero) is 1. The molecule has 1 atom stereocenters. The third-order valence-corrected chi connectivity index (χ3v) is 4.98. The van der Waals surface area contributed by atoms with Crippen molar-refractivity contribution in [3.8, 4) is 0 Å². The molecule has 2 nitrogen and oxygen atoms in total. The monoisotopic (exact) mass is 343 g/mol. The van der Waals surface area contributed by atoms with Gasteiger partial charge in [-0.2, -0.15) is 0 Å². The molecular formula is C20H19ClFNO. The van der Waals surface area contributed by atoms with Crippen LogP contribution in [-0.2, 0) is 10.3 Å². The fourth-order valence-electron chi connectivity index (χ4n) is 3.38. The molecule has 124 valence electrons. The van der Waals surface area contributed by atoms with Crippen LogP contribution in [-0.4, -0.2) is 12.8 Å². The molecule has 1 aliphatic carbocycles. The van der Waals surface area contributed by atoms with E-state index in [9.17, 15) is 9.18 Å². The lowest BCUT2D eigenvalue weighted by Gasteiger charge is -2.37. The quantitative estimate of drug-likeness (QED) is 0.816. The zero-order chi connectivity index (χ0) is 17.2. The summed E-state index contributed by atoms with van der Waals surface area (Å²) in [5.74, 6) is -0.249. The number of ketones is 1. The minimum absolute atomic E-state index is 0.0358. The number of halogens is 2. The van der Waals surface area contributed by atoms with Crippen LogP contribution in [0.15, 0.2) is 54.1 Å². The first-order valence-corrected chi connectivity index (χ1v) is 8.39. The van der Waals surface area contributed by atoms with Gasteiger partial charge < -0.3 is 5.32 Å². The summed E-state index contributed by atoms with van der Waals surface area (Å²) in [5.41, 5.74) is 1.57. The van der Waals surface area contributed by atoms with Gasteiger partial charge in [0, 0.05) is 5.02 Å². The maximum atomic E-state index is 13.2. The fraction of sp³-hybridized carbons (Fsp3) is 0.250. The highest BCUT2D eigenvalue weighted by Gasteiger charge is 2.43. The molecule has 2 aromatic carbocycles. The molecule has 1 aliphatic rings. The minimum atomic E-state index is -0.803. The number of rotatable bonds is 3. The summed E-state index contributed by atoms with van der Waals surface area (Å²) in [5, 5.41) is 3.80. The first-order valence-electron chi connectivity index (χ1n) is 8.02. The second-order valence-corrected chi connectivity index (χ2v) is 6.45. The molecule has 0 saturated heterocycles. The van der Waals surface area contributed by atoms with Crippen LogP contribution in [0.2, 0.25) is 5.02 Å². The molecule has 0 radical (unpaired) electrons. The minimum Gasteiger partial charge on any atom is -0.304 e. The summed E-state index contributed by atoms with van der Waals surface area (Å²) >= 11 is 6.36. The molecule has 1 fully saturated rings. The summed E-state index contributed by atoms with van der Waals surface area (Å²) in [7, 11) is 1.79. The largest absolute Gasteiger partial charge is 0.304 e. The lowest BCUT2D eigenvalue weighted by molar-refractivity contribution is -0.123. The maximum absolute atomic E-state index is 13.2. The van der Waals surface area contributed by atoms with Gasteiger partial charge in [0.05, 0.1) is 0 Å². The molecule has 0 amide bonds. The average Bonchev–Trinajstić information content (AvgIpc) is 2.60. The van der Waals surface area contributed by atoms with Crippen LogP contribution in [0, 0.1) is 5.82 Å². The molecule has 0 bridgehead atoms. The van der Waals surface area contributed by atoms with E-state index in [1.807, 2.05) is 24.3 Å². The van der Waals surface area contributed by atoms with E-state index in [2.05, 4.69) is 5.32 Å². The Labute approximate surface area is 146 Å². The smallest absolute Gasteiger partial charge is 0.183 e. The van der Waals surface area contributed by atoms with Gasteiger partial charge in [0.1, 0.15) is 11.4 Å². The Morgan fingerprint density at radius 3 is 2.54 bits per heavy atom. The van der Waals surface area contributed by atoms with Gasteiger partial charge in [-0.25, -0.2) is 4.39 Å². The van der Waals surface area contributed by atoms with Gasteiger partial charge in [0.25, 0.3) is 0 Å². The maximum Gasteiger partial charge on any atom is 0.183 e. The summed E-state index contributed by atoms with van der Waals surface area (Å²) in [6, 6.07) is 13.6. The fourth-order valence-corrected chi connectivity index (χ4v) is 3.68. The van der Waals surface area contributed by atoms with Gasteiger partial charge >= 0.3 is 0 Å². The zero-order valence-electron chi connectivity index (χ0n) is 13.5. The Hall–Kier alpha value is -1.97. The Bertz CT molecular complexity index is 784. The Morgan fingerprint density at radius 2 is 1.88 bits per heavy atom. The Balaban J connectivity index is 2.02. The molecule has 3 rings (SSSR count). The molecule has 2 aromatic rings. The topological polar surface area (TPSA) is 29.1 Å². The number of carbonyl (C=O) groups excluding carboxylic acids is 1. The summed E-state index contributed by atoms with van der Waals surface area (Å²) in [6.45, 7) is 0. The van der Waals surface area contributed by atoms with Crippen molar-refractivity contribution in [3.63, 3.8) is 0 Å². The van der Waals surface area contributed by atoms with Gasteiger partial charge in [0.2, 0.25) is 0 Å². The summed E-state index contributed by atoms with van der Waals surface area (Å²) in [6.07, 6.45) is 4.14. The van der Waals surface area contributed by atoms with Crippen LogP contribution in [0.5, 0.6) is 0 Å². The van der Waals surface area contributed by atoms with Crippen molar-refractivity contribution in [1.82, 2.24) is 5.32 Å². The van der Waals surface area contributed by atoms with Crippen molar-refractivity contribution in [2.75, 3.05) is 7.05 Å². The van der Waals surface area contributed by atoms with Crippen molar-refractivity contribution in [2.24, 2.45) is 0 Å². The van der Waals surface area contributed by atoms with Gasteiger partial charge in [-0.05, 0) is 67.3 Å². The highest BCUT2D eigenvalue weighted by Crippen LogP contribution is 2.40. The number of hydrogen-bond acceptors (Lipinski definition) is 2. The van der Waals surface area contributed by atoms with Gasteiger partial charge in [0.15, 0.2) is 5.78 Å². The van der Waals surface area contributed by atoms with E-state index in [-0.39, 0.29) is 11.6 Å². The van der Waals surface area contributed by atoms with Crippen molar-refractivity contribution < 1.29 is 9.18 Å². The van der Waals surface area contributed by atoms with Crippen molar-refractivity contribution in [1.29, 1.82) is 0 Å². The van der Waals surface area contributed by atoms with Crippen LogP contribution in [0.4, 0.5) is 4.39 Å². The van der Waals surface area contributed by atoms with E-state index in [0.29, 0.717) is 17.9 Å². The molecule has 0 spiro atoms. The molecule has 0 heterocycles. The van der Waals surface area contributed by atoms with Crippen molar-refractivity contribution in [3.05, 3.63) is 76.1 Å². The summed E-state index contributed by atoms with van der Waals surface area (Å²) < 4.78 is 13.1. The molecule has 0 aromatic heterocycles. The highest BCUT2D eigenvalue weighted by molar-refractivity contribution is 6.32. The van der Waals surface area contributed by atoms with Gasteiger partial charge in [-0.15, -0.1) is 0 Å².